The fourth-order valence-electron chi connectivity index (χ4n) is 2.15. The van der Waals surface area contributed by atoms with Crippen LogP contribution in [0.25, 0.3) is 0 Å². The number of amides is 1. The second-order valence-corrected chi connectivity index (χ2v) is 5.89. The lowest BCUT2D eigenvalue weighted by Crippen LogP contribution is -2.15. The first kappa shape index (κ1) is 17.8. The Balaban J connectivity index is 1.72. The highest BCUT2D eigenvalue weighted by Gasteiger charge is 2.12. The fraction of sp³-hybridized carbons (Fsp3) is 0.0556. The van der Waals surface area contributed by atoms with Crippen LogP contribution in [0.4, 0.5) is 26.0 Å². The van der Waals surface area contributed by atoms with Gasteiger partial charge in [-0.2, -0.15) is 0 Å². The Morgan fingerprint density at radius 3 is 2.54 bits per heavy atom. The molecule has 2 N–H and O–H groups in total. The SMILES string of the molecule is Cc1ccc(Cl)cc1Nc1cnc(C(=O)Nc2ccc(F)cc2F)cn1. The summed E-state index contributed by atoms with van der Waals surface area (Å²) in [6.07, 6.45) is 2.62. The van der Waals surface area contributed by atoms with Gasteiger partial charge in [0.25, 0.3) is 5.91 Å². The normalized spacial score (nSPS) is 10.5. The van der Waals surface area contributed by atoms with Crippen LogP contribution < -0.4 is 10.6 Å². The third-order valence-corrected chi connectivity index (χ3v) is 3.76. The number of aryl methyl sites for hydroxylation is 1. The number of nitrogens with zero attached hydrogens (tertiary/aromatic N) is 2. The molecule has 0 aliphatic rings. The van der Waals surface area contributed by atoms with Crippen LogP contribution in [0.5, 0.6) is 0 Å². The van der Waals surface area contributed by atoms with Crippen LogP contribution in [0, 0.1) is 18.6 Å². The molecular weight excluding hydrogens is 362 g/mol. The van der Waals surface area contributed by atoms with Gasteiger partial charge in [-0.05, 0) is 36.8 Å². The van der Waals surface area contributed by atoms with E-state index in [2.05, 4.69) is 20.6 Å². The monoisotopic (exact) mass is 374 g/mol. The van der Waals surface area contributed by atoms with E-state index in [9.17, 15) is 13.6 Å². The average Bonchev–Trinajstić information content (AvgIpc) is 2.61. The third kappa shape index (κ3) is 4.12. The summed E-state index contributed by atoms with van der Waals surface area (Å²) in [7, 11) is 0. The molecule has 1 aromatic heterocycles. The Bertz CT molecular complexity index is 964. The van der Waals surface area contributed by atoms with Crippen LogP contribution >= 0.6 is 11.6 Å². The molecule has 0 fully saturated rings. The second-order valence-electron chi connectivity index (χ2n) is 5.45. The molecule has 3 aromatic rings. The van der Waals surface area contributed by atoms with Gasteiger partial charge in [-0.3, -0.25) is 4.79 Å². The molecule has 0 aliphatic carbocycles. The van der Waals surface area contributed by atoms with E-state index in [4.69, 9.17) is 11.6 Å². The van der Waals surface area contributed by atoms with Gasteiger partial charge in [-0.25, -0.2) is 18.7 Å². The fourth-order valence-corrected chi connectivity index (χ4v) is 2.33. The maximum absolute atomic E-state index is 13.6. The van der Waals surface area contributed by atoms with Crippen LogP contribution in [0.1, 0.15) is 16.1 Å². The maximum atomic E-state index is 13.6. The summed E-state index contributed by atoms with van der Waals surface area (Å²) < 4.78 is 26.5. The number of benzene rings is 2. The van der Waals surface area contributed by atoms with E-state index in [0.717, 1.165) is 23.4 Å². The molecule has 0 radical (unpaired) electrons. The topological polar surface area (TPSA) is 66.9 Å². The van der Waals surface area contributed by atoms with Gasteiger partial charge in [0, 0.05) is 16.8 Å². The number of anilines is 3. The van der Waals surface area contributed by atoms with Crippen LogP contribution in [0.15, 0.2) is 48.8 Å². The number of hydrogen-bond donors (Lipinski definition) is 2. The minimum Gasteiger partial charge on any atom is -0.339 e. The van der Waals surface area contributed by atoms with Gasteiger partial charge in [0.15, 0.2) is 0 Å². The summed E-state index contributed by atoms with van der Waals surface area (Å²) >= 11 is 5.97. The standard InChI is InChI=1S/C18H13ClF2N4O/c1-10-2-3-11(19)6-15(10)24-17-9-22-16(8-23-17)18(26)25-14-5-4-12(20)7-13(14)21/h2-9H,1H3,(H,23,24)(H,25,26). The van der Waals surface area contributed by atoms with Crippen LogP contribution in [-0.4, -0.2) is 15.9 Å². The minimum atomic E-state index is -0.874. The third-order valence-electron chi connectivity index (χ3n) is 3.53. The molecule has 132 valence electrons. The van der Waals surface area contributed by atoms with E-state index in [1.165, 1.54) is 12.4 Å². The second kappa shape index (κ2) is 7.45. The lowest BCUT2D eigenvalue weighted by Gasteiger charge is -2.10. The molecule has 0 saturated heterocycles. The van der Waals surface area contributed by atoms with E-state index < -0.39 is 17.5 Å². The Morgan fingerprint density at radius 2 is 1.85 bits per heavy atom. The Morgan fingerprint density at radius 1 is 1.04 bits per heavy atom. The van der Waals surface area contributed by atoms with Gasteiger partial charge < -0.3 is 10.6 Å². The number of halogens is 3. The predicted octanol–water partition coefficient (Wildman–Crippen LogP) is 4.71. The van der Waals surface area contributed by atoms with Crippen molar-refractivity contribution in [3.8, 4) is 0 Å². The Kier molecular flexibility index (Phi) is 5.09. The summed E-state index contributed by atoms with van der Waals surface area (Å²) in [6, 6.07) is 8.24. The van der Waals surface area contributed by atoms with Gasteiger partial charge in [0.05, 0.1) is 18.1 Å². The first-order valence-corrected chi connectivity index (χ1v) is 7.92. The maximum Gasteiger partial charge on any atom is 0.275 e. The van der Waals surface area contributed by atoms with E-state index in [0.29, 0.717) is 16.9 Å². The lowest BCUT2D eigenvalue weighted by molar-refractivity contribution is 0.102. The first-order valence-electron chi connectivity index (χ1n) is 7.54. The molecule has 3 rings (SSSR count). The van der Waals surface area contributed by atoms with Gasteiger partial charge in [0.1, 0.15) is 23.1 Å². The summed E-state index contributed by atoms with van der Waals surface area (Å²) in [5, 5.41) is 5.94. The molecule has 5 nitrogen and oxygen atoms in total. The van der Waals surface area contributed by atoms with Gasteiger partial charge in [-0.1, -0.05) is 17.7 Å². The molecule has 0 atom stereocenters. The molecule has 0 spiro atoms. The molecule has 1 heterocycles. The van der Waals surface area contributed by atoms with Crippen molar-refractivity contribution in [2.24, 2.45) is 0 Å². The van der Waals surface area contributed by atoms with E-state index in [1.54, 1.807) is 12.1 Å². The van der Waals surface area contributed by atoms with E-state index >= 15 is 0 Å². The quantitative estimate of drug-likeness (QED) is 0.694. The molecule has 8 heteroatoms. The van der Waals surface area contributed by atoms with Crippen molar-refractivity contribution in [2.75, 3.05) is 10.6 Å². The zero-order valence-electron chi connectivity index (χ0n) is 13.6. The number of carbonyl (C=O) groups is 1. The zero-order valence-corrected chi connectivity index (χ0v) is 14.3. The molecule has 26 heavy (non-hydrogen) atoms. The largest absolute Gasteiger partial charge is 0.339 e. The number of hydrogen-bond acceptors (Lipinski definition) is 4. The zero-order chi connectivity index (χ0) is 18.7. The van der Waals surface area contributed by atoms with Gasteiger partial charge in [-0.15, -0.1) is 0 Å². The predicted molar refractivity (Wildman–Crippen MR) is 95.8 cm³/mol. The number of nitrogens with one attached hydrogen (secondary N) is 2. The van der Waals surface area contributed by atoms with Crippen molar-refractivity contribution in [1.82, 2.24) is 9.97 Å². The average molecular weight is 375 g/mol. The minimum absolute atomic E-state index is 0.0120. The van der Waals surface area contributed by atoms with Gasteiger partial charge >= 0.3 is 0 Å². The number of aromatic nitrogens is 2. The summed E-state index contributed by atoms with van der Waals surface area (Å²) in [4.78, 5) is 20.2. The molecule has 2 aromatic carbocycles. The smallest absolute Gasteiger partial charge is 0.275 e. The van der Waals surface area contributed by atoms with Crippen molar-refractivity contribution < 1.29 is 13.6 Å². The van der Waals surface area contributed by atoms with E-state index in [1.807, 2.05) is 13.0 Å². The van der Waals surface area contributed by atoms with Crippen LogP contribution in [-0.2, 0) is 0 Å². The molecule has 0 unspecified atom stereocenters. The molecular formula is C18H13ClF2N4O. The highest BCUT2D eigenvalue weighted by atomic mass is 35.5. The molecule has 0 aliphatic heterocycles. The van der Waals surface area contributed by atoms with Crippen molar-refractivity contribution in [3.63, 3.8) is 0 Å². The highest BCUT2D eigenvalue weighted by molar-refractivity contribution is 6.30. The van der Waals surface area contributed by atoms with Crippen molar-refractivity contribution in [3.05, 3.63) is 76.7 Å². The molecule has 1 amide bonds. The van der Waals surface area contributed by atoms with Crippen molar-refractivity contribution in [2.45, 2.75) is 6.92 Å². The Hall–Kier alpha value is -3.06. The summed E-state index contributed by atoms with van der Waals surface area (Å²) in [5.41, 5.74) is 1.57. The van der Waals surface area contributed by atoms with E-state index in [-0.39, 0.29) is 11.4 Å². The lowest BCUT2D eigenvalue weighted by atomic mass is 10.2. The Labute approximate surface area is 153 Å². The van der Waals surface area contributed by atoms with Crippen LogP contribution in [0.2, 0.25) is 5.02 Å². The number of rotatable bonds is 4. The van der Waals surface area contributed by atoms with Gasteiger partial charge in [0.2, 0.25) is 0 Å². The molecule has 0 bridgehead atoms. The summed E-state index contributed by atoms with van der Waals surface area (Å²) in [6.45, 7) is 1.91. The highest BCUT2D eigenvalue weighted by Crippen LogP contribution is 2.23. The molecule has 0 saturated carbocycles. The van der Waals surface area contributed by atoms with Crippen molar-refractivity contribution in [1.29, 1.82) is 0 Å². The summed E-state index contributed by atoms with van der Waals surface area (Å²) in [5.74, 6) is -1.85. The first-order chi connectivity index (χ1) is 12.4. The number of carbonyl (C=O) groups excluding carboxylic acids is 1. The van der Waals surface area contributed by atoms with Crippen molar-refractivity contribution >= 4 is 34.7 Å². The van der Waals surface area contributed by atoms with Crippen LogP contribution in [0.3, 0.4) is 0 Å².